The molecule has 17 heavy (non-hydrogen) atoms. The van der Waals surface area contributed by atoms with Gasteiger partial charge in [-0.15, -0.1) is 0 Å². The summed E-state index contributed by atoms with van der Waals surface area (Å²) in [7, 11) is 0. The van der Waals surface area contributed by atoms with Gasteiger partial charge in [0, 0.05) is 6.20 Å². The van der Waals surface area contributed by atoms with Gasteiger partial charge >= 0.3 is 5.97 Å². The summed E-state index contributed by atoms with van der Waals surface area (Å²) in [6, 6.07) is 1.54. The number of nitrogens with zero attached hydrogens (tertiary/aromatic N) is 3. The van der Waals surface area contributed by atoms with Crippen molar-refractivity contribution in [2.24, 2.45) is 0 Å². The van der Waals surface area contributed by atoms with Gasteiger partial charge in [0.2, 0.25) is 0 Å². The number of aryl methyl sites for hydroxylation is 1. The van der Waals surface area contributed by atoms with Gasteiger partial charge in [-0.2, -0.15) is 5.10 Å². The molecule has 0 aliphatic carbocycles. The van der Waals surface area contributed by atoms with E-state index in [4.69, 9.17) is 5.11 Å². The van der Waals surface area contributed by atoms with Gasteiger partial charge in [0.15, 0.2) is 11.6 Å². The Morgan fingerprint density at radius 1 is 1.47 bits per heavy atom. The fourth-order valence-electron chi connectivity index (χ4n) is 1.51. The number of aromatic carboxylic acids is 1. The van der Waals surface area contributed by atoms with Gasteiger partial charge in [0.1, 0.15) is 5.56 Å². The van der Waals surface area contributed by atoms with E-state index in [-0.39, 0.29) is 11.4 Å². The number of carboxylic acid groups (broad SMARTS) is 1. The minimum absolute atomic E-state index is 0.00926. The third kappa shape index (κ3) is 1.77. The van der Waals surface area contributed by atoms with E-state index in [1.807, 2.05) is 0 Å². The zero-order valence-corrected chi connectivity index (χ0v) is 9.31. The highest BCUT2D eigenvalue weighted by Gasteiger charge is 2.17. The van der Waals surface area contributed by atoms with Crippen LogP contribution in [0.5, 0.6) is 0 Å². The number of rotatable bonds is 2. The minimum atomic E-state index is -1.10. The molecule has 0 aliphatic rings. The van der Waals surface area contributed by atoms with Crippen LogP contribution in [0.4, 0.5) is 4.39 Å². The van der Waals surface area contributed by atoms with E-state index >= 15 is 0 Å². The van der Waals surface area contributed by atoms with E-state index in [1.165, 1.54) is 23.1 Å². The van der Waals surface area contributed by atoms with Crippen molar-refractivity contribution in [2.75, 3.05) is 0 Å². The molecule has 0 aliphatic heterocycles. The Bertz CT molecular complexity index is 592. The van der Waals surface area contributed by atoms with E-state index in [0.717, 1.165) is 0 Å². The van der Waals surface area contributed by atoms with E-state index in [1.54, 1.807) is 13.8 Å². The average Bonchev–Trinajstić information content (AvgIpc) is 2.64. The lowest BCUT2D eigenvalue weighted by atomic mass is 10.2. The molecule has 88 valence electrons. The molecule has 0 spiro atoms. The van der Waals surface area contributed by atoms with Crippen molar-refractivity contribution in [1.82, 2.24) is 14.8 Å². The SMILES string of the molecule is Cc1ccnc(-n2ncc(C(=O)O)c2C)c1F. The third-order valence-electron chi connectivity index (χ3n) is 2.50. The van der Waals surface area contributed by atoms with Crippen molar-refractivity contribution >= 4 is 5.97 Å². The van der Waals surface area contributed by atoms with Gasteiger partial charge in [-0.3, -0.25) is 0 Å². The number of aromatic nitrogens is 3. The van der Waals surface area contributed by atoms with Crippen molar-refractivity contribution in [3.05, 3.63) is 41.1 Å². The number of halogens is 1. The minimum Gasteiger partial charge on any atom is -0.478 e. The van der Waals surface area contributed by atoms with Gasteiger partial charge in [-0.1, -0.05) is 0 Å². The largest absolute Gasteiger partial charge is 0.478 e. The van der Waals surface area contributed by atoms with Crippen LogP contribution in [0.15, 0.2) is 18.5 Å². The first kappa shape index (κ1) is 11.3. The molecule has 6 heteroatoms. The van der Waals surface area contributed by atoms with Crippen LogP contribution >= 0.6 is 0 Å². The number of carbonyl (C=O) groups is 1. The first-order valence-corrected chi connectivity index (χ1v) is 4.91. The summed E-state index contributed by atoms with van der Waals surface area (Å²) in [5.41, 5.74) is 0.809. The molecule has 0 radical (unpaired) electrons. The molecule has 0 amide bonds. The molecule has 5 nitrogen and oxygen atoms in total. The molecular weight excluding hydrogens is 225 g/mol. The van der Waals surface area contributed by atoms with Crippen LogP contribution < -0.4 is 0 Å². The third-order valence-corrected chi connectivity index (χ3v) is 2.50. The Labute approximate surface area is 96.5 Å². The molecule has 1 N–H and O–H groups in total. The molecule has 2 heterocycles. The quantitative estimate of drug-likeness (QED) is 0.860. The van der Waals surface area contributed by atoms with Crippen LogP contribution in [-0.4, -0.2) is 25.8 Å². The average molecular weight is 235 g/mol. The standard InChI is InChI=1S/C11H10FN3O2/c1-6-3-4-13-10(9(6)12)15-7(2)8(5-14-15)11(16)17/h3-5H,1-2H3,(H,16,17). The van der Waals surface area contributed by atoms with Crippen molar-refractivity contribution < 1.29 is 14.3 Å². The van der Waals surface area contributed by atoms with Gasteiger partial charge in [0.25, 0.3) is 0 Å². The summed E-state index contributed by atoms with van der Waals surface area (Å²) in [6.07, 6.45) is 2.64. The first-order valence-electron chi connectivity index (χ1n) is 4.91. The van der Waals surface area contributed by atoms with Crippen LogP contribution in [-0.2, 0) is 0 Å². The van der Waals surface area contributed by atoms with E-state index in [9.17, 15) is 9.18 Å². The lowest BCUT2D eigenvalue weighted by Gasteiger charge is -2.06. The fourth-order valence-corrected chi connectivity index (χ4v) is 1.51. The second kappa shape index (κ2) is 3.97. The summed E-state index contributed by atoms with van der Waals surface area (Å²) in [5, 5.41) is 12.7. The fraction of sp³-hybridized carbons (Fsp3) is 0.182. The van der Waals surface area contributed by atoms with Crippen LogP contribution in [0.3, 0.4) is 0 Å². The number of hydrogen-bond donors (Lipinski definition) is 1. The van der Waals surface area contributed by atoms with Gasteiger partial charge in [0.05, 0.1) is 11.9 Å². The molecule has 0 bridgehead atoms. The second-order valence-electron chi connectivity index (χ2n) is 3.63. The van der Waals surface area contributed by atoms with Crippen LogP contribution in [0.1, 0.15) is 21.6 Å². The van der Waals surface area contributed by atoms with Crippen LogP contribution in [0.25, 0.3) is 5.82 Å². The summed E-state index contributed by atoms with van der Waals surface area (Å²) in [4.78, 5) is 14.7. The Hall–Kier alpha value is -2.24. The zero-order valence-electron chi connectivity index (χ0n) is 9.31. The lowest BCUT2D eigenvalue weighted by Crippen LogP contribution is -2.07. The molecule has 2 aromatic rings. The maximum Gasteiger partial charge on any atom is 0.339 e. The number of carboxylic acids is 1. The van der Waals surface area contributed by atoms with Crippen molar-refractivity contribution in [2.45, 2.75) is 13.8 Å². The number of pyridine rings is 1. The highest BCUT2D eigenvalue weighted by molar-refractivity contribution is 5.88. The lowest BCUT2D eigenvalue weighted by molar-refractivity contribution is 0.0696. The topological polar surface area (TPSA) is 68.0 Å². The van der Waals surface area contributed by atoms with Crippen LogP contribution in [0, 0.1) is 19.7 Å². The molecule has 0 unspecified atom stereocenters. The summed E-state index contributed by atoms with van der Waals surface area (Å²) < 4.78 is 15.0. The molecule has 0 saturated heterocycles. The van der Waals surface area contributed by atoms with Crippen molar-refractivity contribution in [3.63, 3.8) is 0 Å². The number of hydrogen-bond acceptors (Lipinski definition) is 3. The van der Waals surface area contributed by atoms with Crippen LogP contribution in [0.2, 0.25) is 0 Å². The predicted molar refractivity (Wildman–Crippen MR) is 57.8 cm³/mol. The Balaban J connectivity index is 2.62. The molecular formula is C11H10FN3O2. The smallest absolute Gasteiger partial charge is 0.339 e. The predicted octanol–water partition coefficient (Wildman–Crippen LogP) is 1.72. The molecule has 2 rings (SSSR count). The summed E-state index contributed by atoms with van der Waals surface area (Å²) in [6.45, 7) is 3.16. The Morgan fingerprint density at radius 3 is 2.76 bits per heavy atom. The zero-order chi connectivity index (χ0) is 12.6. The summed E-state index contributed by atoms with van der Waals surface area (Å²) >= 11 is 0. The highest BCUT2D eigenvalue weighted by Crippen LogP contribution is 2.17. The molecule has 2 aromatic heterocycles. The van der Waals surface area contributed by atoms with Gasteiger partial charge in [-0.25, -0.2) is 18.9 Å². The first-order chi connectivity index (χ1) is 8.02. The molecule has 0 saturated carbocycles. The molecule has 0 fully saturated rings. The van der Waals surface area contributed by atoms with Gasteiger partial charge < -0.3 is 5.11 Å². The Morgan fingerprint density at radius 2 is 2.18 bits per heavy atom. The molecule has 0 atom stereocenters. The highest BCUT2D eigenvalue weighted by atomic mass is 19.1. The Kier molecular flexibility index (Phi) is 2.63. The maximum absolute atomic E-state index is 13.8. The second-order valence-corrected chi connectivity index (χ2v) is 3.63. The van der Waals surface area contributed by atoms with E-state index in [0.29, 0.717) is 11.3 Å². The van der Waals surface area contributed by atoms with Crippen molar-refractivity contribution in [3.8, 4) is 5.82 Å². The monoisotopic (exact) mass is 235 g/mol. The van der Waals surface area contributed by atoms with E-state index < -0.39 is 11.8 Å². The summed E-state index contributed by atoms with van der Waals surface area (Å²) in [5.74, 6) is -1.59. The van der Waals surface area contributed by atoms with E-state index in [2.05, 4.69) is 10.1 Å². The van der Waals surface area contributed by atoms with Crippen molar-refractivity contribution in [1.29, 1.82) is 0 Å². The van der Waals surface area contributed by atoms with Gasteiger partial charge in [-0.05, 0) is 25.5 Å². The molecule has 0 aromatic carbocycles. The normalized spacial score (nSPS) is 10.5. The maximum atomic E-state index is 13.8.